The van der Waals surface area contributed by atoms with Gasteiger partial charge in [-0.2, -0.15) is 0 Å². The third kappa shape index (κ3) is 19.4. The van der Waals surface area contributed by atoms with Gasteiger partial charge in [-0.3, -0.25) is 28.4 Å². The second-order valence-electron chi connectivity index (χ2n) is 13.3. The molecule has 0 aliphatic heterocycles. The first-order valence-electron chi connectivity index (χ1n) is 18.7. The number of aryl methyl sites for hydroxylation is 1. The number of halogens is 1. The van der Waals surface area contributed by atoms with Crippen LogP contribution in [0, 0.1) is 0 Å². The number of amides is 6. The highest BCUT2D eigenvalue weighted by atomic mass is 19.1. The zero-order valence-electron chi connectivity index (χ0n) is 32.1. The minimum atomic E-state index is -1.56. The highest BCUT2D eigenvalue weighted by Gasteiger charge is 2.25. The van der Waals surface area contributed by atoms with Crippen molar-refractivity contribution in [1.82, 2.24) is 46.9 Å². The number of urea groups is 1. The standard InChI is InChI=1S/C36H50FN9O13/c37-15-5-6-23-20-46(45-44-23)25-11-9-22(10-12-25)32(52)41-24(18-29(48)38-16-3-1-7-26(33(53)54)40-21-47)19-30(49)39-17-4-2-8-27(34(55)56)42-36(59)43-28(35(57)58)13-14-31(50)51/h9-12,20-21,24,26-28H,1-8,13-19H2,(H,38,48)(H,39,49)(H,40,47)(H,41,52)(H,50,51)(H,53,54)(H,55,56)(H,57,58)(H2,42,43,59)/t24?,26-,27+,28-/m0/s1. The van der Waals surface area contributed by atoms with E-state index < -0.39 is 91.3 Å². The van der Waals surface area contributed by atoms with Gasteiger partial charge in [0.15, 0.2) is 0 Å². The smallest absolute Gasteiger partial charge is 0.326 e. The van der Waals surface area contributed by atoms with Gasteiger partial charge in [0.1, 0.15) is 18.1 Å². The van der Waals surface area contributed by atoms with Gasteiger partial charge in [0.05, 0.1) is 24.3 Å². The Morgan fingerprint density at radius 3 is 1.76 bits per heavy atom. The van der Waals surface area contributed by atoms with Gasteiger partial charge in [-0.15, -0.1) is 5.10 Å². The third-order valence-electron chi connectivity index (χ3n) is 8.60. The van der Waals surface area contributed by atoms with E-state index in [1.54, 1.807) is 18.3 Å². The molecule has 2 aromatic rings. The number of carboxylic acids is 4. The lowest BCUT2D eigenvalue weighted by atomic mass is 10.1. The van der Waals surface area contributed by atoms with Gasteiger partial charge < -0.3 is 52.3 Å². The van der Waals surface area contributed by atoms with Crippen molar-refractivity contribution in [2.45, 2.75) is 101 Å². The molecule has 0 spiro atoms. The van der Waals surface area contributed by atoms with Crippen LogP contribution in [0.1, 0.15) is 86.7 Å². The average molecular weight is 836 g/mol. The number of nitrogens with zero attached hydrogens (tertiary/aromatic N) is 3. The minimum absolute atomic E-state index is 0.0516. The number of carboxylic acid groups (broad SMARTS) is 4. The molecule has 324 valence electrons. The lowest BCUT2D eigenvalue weighted by molar-refractivity contribution is -0.141. The van der Waals surface area contributed by atoms with Gasteiger partial charge in [-0.05, 0) is 82.1 Å². The SMILES string of the molecule is O=CN[C@@H](CCCCNC(=O)CC(CC(=O)NCCCC[C@@H](NC(=O)N[C@@H](CCC(=O)O)C(=O)O)C(=O)O)NC(=O)c1ccc(-n2cc(CCCF)nn2)cc1)C(=O)O. The molecule has 1 aromatic carbocycles. The van der Waals surface area contributed by atoms with E-state index in [2.05, 4.69) is 36.9 Å². The largest absolute Gasteiger partial charge is 0.481 e. The first-order valence-corrected chi connectivity index (χ1v) is 18.7. The van der Waals surface area contributed by atoms with E-state index in [4.69, 9.17) is 10.2 Å². The number of nitrogens with one attached hydrogen (secondary N) is 6. The summed E-state index contributed by atoms with van der Waals surface area (Å²) in [6, 6.07) is 0.0218. The molecular weight excluding hydrogens is 785 g/mol. The van der Waals surface area contributed by atoms with Crippen molar-refractivity contribution in [2.75, 3.05) is 19.8 Å². The van der Waals surface area contributed by atoms with Gasteiger partial charge in [-0.25, -0.2) is 23.9 Å². The van der Waals surface area contributed by atoms with Crippen LogP contribution in [0.25, 0.3) is 5.69 Å². The molecule has 23 heteroatoms. The molecule has 0 aliphatic carbocycles. The first-order chi connectivity index (χ1) is 28.1. The molecule has 1 heterocycles. The predicted octanol–water partition coefficient (Wildman–Crippen LogP) is -0.109. The van der Waals surface area contributed by atoms with Gasteiger partial charge in [0.2, 0.25) is 18.2 Å². The molecule has 1 unspecified atom stereocenters. The van der Waals surface area contributed by atoms with Crippen molar-refractivity contribution >= 4 is 54.0 Å². The zero-order valence-corrected chi connectivity index (χ0v) is 32.1. The molecule has 6 amide bonds. The van der Waals surface area contributed by atoms with E-state index in [0.29, 0.717) is 37.1 Å². The molecule has 10 N–H and O–H groups in total. The van der Waals surface area contributed by atoms with Crippen LogP contribution in [0.4, 0.5) is 9.18 Å². The summed E-state index contributed by atoms with van der Waals surface area (Å²) in [4.78, 5) is 107. The Bertz CT molecular complexity index is 1740. The van der Waals surface area contributed by atoms with Crippen LogP contribution < -0.4 is 31.9 Å². The number of benzene rings is 1. The number of rotatable bonds is 30. The Kier molecular flexibility index (Phi) is 21.6. The molecule has 0 fully saturated rings. The molecule has 22 nitrogen and oxygen atoms in total. The van der Waals surface area contributed by atoms with Crippen molar-refractivity contribution in [2.24, 2.45) is 0 Å². The highest BCUT2D eigenvalue weighted by Crippen LogP contribution is 2.12. The van der Waals surface area contributed by atoms with Crippen LogP contribution in [0.5, 0.6) is 0 Å². The number of carbonyl (C=O) groups excluding carboxylic acids is 5. The summed E-state index contributed by atoms with van der Waals surface area (Å²) >= 11 is 0. The van der Waals surface area contributed by atoms with E-state index in [9.17, 15) is 57.8 Å². The quantitative estimate of drug-likeness (QED) is 0.0363. The number of carbonyl (C=O) groups is 9. The van der Waals surface area contributed by atoms with Crippen molar-refractivity contribution in [1.29, 1.82) is 0 Å². The number of aliphatic carboxylic acids is 4. The lowest BCUT2D eigenvalue weighted by Crippen LogP contribution is -2.51. The Labute approximate surface area is 337 Å². The first kappa shape index (κ1) is 48.5. The van der Waals surface area contributed by atoms with Gasteiger partial charge in [-0.1, -0.05) is 5.21 Å². The van der Waals surface area contributed by atoms with Gasteiger partial charge >= 0.3 is 29.9 Å². The fourth-order valence-electron chi connectivity index (χ4n) is 5.49. The molecule has 59 heavy (non-hydrogen) atoms. The fourth-order valence-corrected chi connectivity index (χ4v) is 5.49. The van der Waals surface area contributed by atoms with Crippen molar-refractivity contribution < 1.29 is 68.0 Å². The number of alkyl halides is 1. The molecule has 0 saturated carbocycles. The Morgan fingerprint density at radius 2 is 1.25 bits per heavy atom. The van der Waals surface area contributed by atoms with Gasteiger partial charge in [0, 0.05) is 44.0 Å². The summed E-state index contributed by atoms with van der Waals surface area (Å²) in [5.74, 6) is -7.05. The average Bonchev–Trinajstić information content (AvgIpc) is 3.66. The Hall–Kier alpha value is -6.68. The predicted molar refractivity (Wildman–Crippen MR) is 202 cm³/mol. The van der Waals surface area contributed by atoms with Crippen molar-refractivity contribution in [3.63, 3.8) is 0 Å². The second-order valence-corrected chi connectivity index (χ2v) is 13.3. The van der Waals surface area contributed by atoms with E-state index in [0.717, 1.165) is 0 Å². The van der Waals surface area contributed by atoms with Crippen LogP contribution >= 0.6 is 0 Å². The Balaban J connectivity index is 1.97. The van der Waals surface area contributed by atoms with Gasteiger partial charge in [0.25, 0.3) is 5.91 Å². The molecule has 0 aliphatic rings. The highest BCUT2D eigenvalue weighted by molar-refractivity contribution is 5.95. The molecule has 0 radical (unpaired) electrons. The number of hydrogen-bond acceptors (Lipinski definition) is 11. The van der Waals surface area contributed by atoms with Crippen LogP contribution in [0.3, 0.4) is 0 Å². The zero-order chi connectivity index (χ0) is 43.7. The van der Waals surface area contributed by atoms with Crippen LogP contribution in [0.15, 0.2) is 30.5 Å². The molecule has 1 aromatic heterocycles. The molecule has 0 saturated heterocycles. The van der Waals surface area contributed by atoms with Crippen LogP contribution in [0.2, 0.25) is 0 Å². The molecule has 0 bridgehead atoms. The summed E-state index contributed by atoms with van der Waals surface area (Å²) in [5.41, 5.74) is 1.36. The molecular formula is C36H50FN9O13. The summed E-state index contributed by atoms with van der Waals surface area (Å²) in [6.07, 6.45) is 2.21. The molecule has 2 rings (SSSR count). The van der Waals surface area contributed by atoms with E-state index >= 15 is 0 Å². The number of aromatic nitrogens is 3. The number of unbranched alkanes of at least 4 members (excludes halogenated alkanes) is 2. The lowest BCUT2D eigenvalue weighted by Gasteiger charge is -2.19. The summed E-state index contributed by atoms with van der Waals surface area (Å²) < 4.78 is 14.0. The summed E-state index contributed by atoms with van der Waals surface area (Å²) in [6.45, 7) is -0.290. The van der Waals surface area contributed by atoms with E-state index in [1.165, 1.54) is 16.8 Å². The second kappa shape index (κ2) is 26.3. The maximum absolute atomic E-state index is 13.2. The maximum Gasteiger partial charge on any atom is 0.326 e. The summed E-state index contributed by atoms with van der Waals surface area (Å²) in [5, 5.41) is 59.0. The minimum Gasteiger partial charge on any atom is -0.481 e. The normalized spacial score (nSPS) is 12.8. The van der Waals surface area contributed by atoms with Crippen LogP contribution in [-0.4, -0.2) is 133 Å². The maximum atomic E-state index is 13.2. The fraction of sp³-hybridized carbons (Fsp3) is 0.528. The van der Waals surface area contributed by atoms with Crippen LogP contribution in [-0.2, 0) is 40.0 Å². The monoisotopic (exact) mass is 835 g/mol. The third-order valence-corrected chi connectivity index (χ3v) is 8.60. The topological polar surface area (TPSA) is 337 Å². The Morgan fingerprint density at radius 1 is 0.712 bits per heavy atom. The molecule has 4 atom stereocenters. The summed E-state index contributed by atoms with van der Waals surface area (Å²) in [7, 11) is 0. The number of hydrogen-bond donors (Lipinski definition) is 10. The van der Waals surface area contributed by atoms with E-state index in [1.807, 2.05) is 5.32 Å². The van der Waals surface area contributed by atoms with Crippen molar-refractivity contribution in [3.8, 4) is 5.69 Å². The van der Waals surface area contributed by atoms with Crippen molar-refractivity contribution in [3.05, 3.63) is 41.7 Å². The van der Waals surface area contributed by atoms with E-state index in [-0.39, 0.29) is 63.6 Å².